The second-order valence-electron chi connectivity index (χ2n) is 5.89. The Balaban J connectivity index is 1.51. The molecule has 3 N–H and O–H groups in total. The van der Waals surface area contributed by atoms with Crippen LogP contribution in [0.4, 0.5) is 5.82 Å². The molecule has 1 fully saturated rings. The monoisotopic (exact) mass is 313 g/mol. The van der Waals surface area contributed by atoms with Crippen LogP contribution in [0.3, 0.4) is 0 Å². The fourth-order valence-corrected chi connectivity index (χ4v) is 3.18. The van der Waals surface area contributed by atoms with Crippen molar-refractivity contribution in [1.82, 2.24) is 34.9 Å². The SMILES string of the molecule is NCc1cn(CC2CCCN(c3ncnc4nc[nH]c34)C2)nn1. The molecule has 0 aromatic carbocycles. The number of nitrogens with two attached hydrogens (primary N) is 1. The van der Waals surface area contributed by atoms with Crippen molar-refractivity contribution in [3.63, 3.8) is 0 Å². The van der Waals surface area contributed by atoms with Crippen molar-refractivity contribution in [3.8, 4) is 0 Å². The van der Waals surface area contributed by atoms with Crippen LogP contribution >= 0.6 is 0 Å². The number of nitrogens with one attached hydrogen (secondary N) is 1. The summed E-state index contributed by atoms with van der Waals surface area (Å²) >= 11 is 0. The van der Waals surface area contributed by atoms with Crippen LogP contribution in [0, 0.1) is 5.92 Å². The lowest BCUT2D eigenvalue weighted by Gasteiger charge is -2.33. The molecule has 0 spiro atoms. The van der Waals surface area contributed by atoms with Gasteiger partial charge in [-0.05, 0) is 18.8 Å². The molecule has 1 aliphatic heterocycles. The van der Waals surface area contributed by atoms with Crippen LogP contribution < -0.4 is 10.6 Å². The number of aromatic nitrogens is 7. The van der Waals surface area contributed by atoms with Crippen LogP contribution in [0.5, 0.6) is 0 Å². The first-order valence-electron chi connectivity index (χ1n) is 7.81. The molecule has 1 atom stereocenters. The summed E-state index contributed by atoms with van der Waals surface area (Å²) in [5, 5.41) is 8.20. The Kier molecular flexibility index (Phi) is 3.62. The summed E-state index contributed by atoms with van der Waals surface area (Å²) in [5.41, 5.74) is 8.03. The zero-order chi connectivity index (χ0) is 15.6. The molecule has 4 heterocycles. The molecule has 0 bridgehead atoms. The van der Waals surface area contributed by atoms with E-state index < -0.39 is 0 Å². The summed E-state index contributed by atoms with van der Waals surface area (Å²) in [6.07, 6.45) is 7.46. The van der Waals surface area contributed by atoms with Crippen LogP contribution in [0.25, 0.3) is 11.2 Å². The van der Waals surface area contributed by atoms with Gasteiger partial charge in [0, 0.05) is 32.4 Å². The molecule has 9 nitrogen and oxygen atoms in total. The predicted molar refractivity (Wildman–Crippen MR) is 84.5 cm³/mol. The lowest BCUT2D eigenvalue weighted by molar-refractivity contribution is 0.347. The van der Waals surface area contributed by atoms with E-state index in [1.165, 1.54) is 6.42 Å². The molecule has 0 saturated carbocycles. The number of nitrogens with zero attached hydrogens (tertiary/aromatic N) is 7. The minimum absolute atomic E-state index is 0.426. The molecule has 23 heavy (non-hydrogen) atoms. The third kappa shape index (κ3) is 2.74. The molecule has 0 aliphatic carbocycles. The zero-order valence-corrected chi connectivity index (χ0v) is 12.8. The average Bonchev–Trinajstić information content (AvgIpc) is 3.23. The highest BCUT2D eigenvalue weighted by atomic mass is 15.4. The van der Waals surface area contributed by atoms with Crippen LogP contribution in [0.15, 0.2) is 18.9 Å². The number of imidazole rings is 1. The number of anilines is 1. The molecule has 1 saturated heterocycles. The van der Waals surface area contributed by atoms with Crippen LogP contribution in [-0.2, 0) is 13.1 Å². The highest BCUT2D eigenvalue weighted by molar-refractivity contribution is 5.82. The number of H-pyrrole nitrogens is 1. The lowest BCUT2D eigenvalue weighted by Crippen LogP contribution is -2.37. The fourth-order valence-electron chi connectivity index (χ4n) is 3.18. The van der Waals surface area contributed by atoms with Gasteiger partial charge in [0.05, 0.1) is 12.0 Å². The highest BCUT2D eigenvalue weighted by Crippen LogP contribution is 2.26. The molecular formula is C14H19N9. The van der Waals surface area contributed by atoms with Gasteiger partial charge in [0.25, 0.3) is 0 Å². The van der Waals surface area contributed by atoms with Gasteiger partial charge in [-0.25, -0.2) is 15.0 Å². The average molecular weight is 313 g/mol. The van der Waals surface area contributed by atoms with E-state index in [4.69, 9.17) is 5.73 Å². The quantitative estimate of drug-likeness (QED) is 0.712. The van der Waals surface area contributed by atoms with Crippen LogP contribution in [0.1, 0.15) is 18.5 Å². The van der Waals surface area contributed by atoms with Crippen molar-refractivity contribution in [2.45, 2.75) is 25.9 Å². The maximum atomic E-state index is 5.59. The topological polar surface area (TPSA) is 114 Å². The van der Waals surface area contributed by atoms with Gasteiger partial charge < -0.3 is 15.6 Å². The summed E-state index contributed by atoms with van der Waals surface area (Å²) in [4.78, 5) is 18.3. The minimum Gasteiger partial charge on any atom is -0.354 e. The van der Waals surface area contributed by atoms with E-state index >= 15 is 0 Å². The lowest BCUT2D eigenvalue weighted by atomic mass is 9.98. The van der Waals surface area contributed by atoms with Crippen molar-refractivity contribution in [2.24, 2.45) is 11.7 Å². The summed E-state index contributed by atoms with van der Waals surface area (Å²) in [7, 11) is 0. The van der Waals surface area contributed by atoms with Gasteiger partial charge in [-0.2, -0.15) is 0 Å². The fraction of sp³-hybridized carbons (Fsp3) is 0.500. The summed E-state index contributed by atoms with van der Waals surface area (Å²) < 4.78 is 1.89. The maximum Gasteiger partial charge on any atom is 0.182 e. The number of rotatable bonds is 4. The Labute approximate surface area is 132 Å². The number of hydrogen-bond donors (Lipinski definition) is 2. The molecule has 3 aromatic rings. The molecule has 120 valence electrons. The van der Waals surface area contributed by atoms with E-state index in [9.17, 15) is 0 Å². The van der Waals surface area contributed by atoms with Gasteiger partial charge in [-0.15, -0.1) is 5.10 Å². The smallest absolute Gasteiger partial charge is 0.182 e. The van der Waals surface area contributed by atoms with Crippen molar-refractivity contribution in [3.05, 3.63) is 24.5 Å². The first-order valence-corrected chi connectivity index (χ1v) is 7.81. The van der Waals surface area contributed by atoms with E-state index in [-0.39, 0.29) is 0 Å². The molecule has 1 aliphatic rings. The molecule has 4 rings (SSSR count). The first-order chi connectivity index (χ1) is 11.3. The van der Waals surface area contributed by atoms with Crippen molar-refractivity contribution in [2.75, 3.05) is 18.0 Å². The Morgan fingerprint density at radius 2 is 2.26 bits per heavy atom. The highest BCUT2D eigenvalue weighted by Gasteiger charge is 2.23. The van der Waals surface area contributed by atoms with Crippen LogP contribution in [0.2, 0.25) is 0 Å². The zero-order valence-electron chi connectivity index (χ0n) is 12.8. The minimum atomic E-state index is 0.426. The van der Waals surface area contributed by atoms with E-state index in [0.29, 0.717) is 18.1 Å². The van der Waals surface area contributed by atoms with Gasteiger partial charge in [0.1, 0.15) is 11.8 Å². The molecule has 3 aromatic heterocycles. The summed E-state index contributed by atoms with van der Waals surface area (Å²) in [6, 6.07) is 0. The molecule has 0 amide bonds. The Hall–Kier alpha value is -2.55. The van der Waals surface area contributed by atoms with Crippen LogP contribution in [-0.4, -0.2) is 48.0 Å². The standard InChI is InChI=1S/C14H19N9/c15-4-11-7-23(21-20-11)6-10-2-1-3-22(5-10)14-12-13(17-8-16-12)18-9-19-14/h7-10H,1-6,15H2,(H,16,17,18,19). The Morgan fingerprint density at radius 1 is 1.30 bits per heavy atom. The van der Waals surface area contributed by atoms with Gasteiger partial charge in [0.15, 0.2) is 11.5 Å². The molecular weight excluding hydrogens is 294 g/mol. The van der Waals surface area contributed by atoms with Gasteiger partial charge >= 0.3 is 0 Å². The summed E-state index contributed by atoms with van der Waals surface area (Å²) in [6.45, 7) is 3.20. The number of fused-ring (bicyclic) bond motifs is 1. The second-order valence-corrected chi connectivity index (χ2v) is 5.89. The van der Waals surface area contributed by atoms with Gasteiger partial charge in [-0.3, -0.25) is 4.68 Å². The van der Waals surface area contributed by atoms with Crippen molar-refractivity contribution >= 4 is 17.0 Å². The van der Waals surface area contributed by atoms with E-state index in [2.05, 4.69) is 35.1 Å². The Bertz CT molecular complexity index is 792. The van der Waals surface area contributed by atoms with E-state index in [1.807, 2.05) is 10.9 Å². The maximum absolute atomic E-state index is 5.59. The first kappa shape index (κ1) is 14.1. The number of hydrogen-bond acceptors (Lipinski definition) is 7. The normalized spacial score (nSPS) is 18.7. The second kappa shape index (κ2) is 5.92. The third-order valence-corrected chi connectivity index (χ3v) is 4.26. The molecule has 9 heteroatoms. The predicted octanol–water partition coefficient (Wildman–Crippen LogP) is 0.320. The van der Waals surface area contributed by atoms with E-state index in [0.717, 1.165) is 43.1 Å². The van der Waals surface area contributed by atoms with Gasteiger partial charge in [-0.1, -0.05) is 5.21 Å². The van der Waals surface area contributed by atoms with Crippen molar-refractivity contribution in [1.29, 1.82) is 0 Å². The third-order valence-electron chi connectivity index (χ3n) is 4.26. The molecule has 1 unspecified atom stereocenters. The molecule has 0 radical (unpaired) electrons. The largest absolute Gasteiger partial charge is 0.354 e. The number of aromatic amines is 1. The Morgan fingerprint density at radius 3 is 3.13 bits per heavy atom. The van der Waals surface area contributed by atoms with E-state index in [1.54, 1.807) is 12.7 Å². The van der Waals surface area contributed by atoms with Gasteiger partial charge in [0.2, 0.25) is 0 Å². The summed E-state index contributed by atoms with van der Waals surface area (Å²) in [5.74, 6) is 1.43. The van der Waals surface area contributed by atoms with Crippen molar-refractivity contribution < 1.29 is 0 Å². The number of piperidine rings is 1.